The van der Waals surface area contributed by atoms with E-state index in [1.54, 1.807) is 42.5 Å². The van der Waals surface area contributed by atoms with Gasteiger partial charge in [-0.3, -0.25) is 13.9 Å². The van der Waals surface area contributed by atoms with E-state index in [1.165, 1.54) is 12.0 Å². The highest BCUT2D eigenvalue weighted by Crippen LogP contribution is 2.23. The Bertz CT molecular complexity index is 1380. The van der Waals surface area contributed by atoms with Crippen LogP contribution in [0.3, 0.4) is 0 Å². The summed E-state index contributed by atoms with van der Waals surface area (Å²) >= 11 is 6.23. The number of hydrogen-bond acceptors (Lipinski definition) is 5. The molecule has 2 amide bonds. The standard InChI is InChI=1S/C30H36ClN3O5S/c1-22(2)19-32-30(36)28(18-23-9-6-5-7-10-23)33(20-24-11-8-12-25(31)17-24)29(35)21-34(40(4,37)38)26-13-15-27(39-3)16-14-26/h5-17,22,28H,18-21H2,1-4H3,(H,32,36)/t28-/m1/s1. The van der Waals surface area contributed by atoms with Crippen LogP contribution < -0.4 is 14.4 Å². The number of nitrogens with zero attached hydrogens (tertiary/aromatic N) is 2. The maximum absolute atomic E-state index is 14.0. The second-order valence-electron chi connectivity index (χ2n) is 9.96. The number of carbonyl (C=O) groups excluding carboxylic acids is 2. The normalized spacial score (nSPS) is 12.1. The van der Waals surface area contributed by atoms with E-state index >= 15 is 0 Å². The average Bonchev–Trinajstić information content (AvgIpc) is 2.92. The Morgan fingerprint density at radius 2 is 1.60 bits per heavy atom. The molecule has 1 atom stereocenters. The number of nitrogens with one attached hydrogen (secondary N) is 1. The van der Waals surface area contributed by atoms with E-state index in [2.05, 4.69) is 5.32 Å². The van der Waals surface area contributed by atoms with E-state index in [0.29, 0.717) is 28.6 Å². The van der Waals surface area contributed by atoms with Crippen molar-refractivity contribution < 1.29 is 22.7 Å². The molecule has 3 aromatic carbocycles. The minimum absolute atomic E-state index is 0.0617. The van der Waals surface area contributed by atoms with E-state index in [4.69, 9.17) is 16.3 Å². The van der Waals surface area contributed by atoms with Crippen molar-refractivity contribution >= 4 is 39.1 Å². The molecule has 0 aromatic heterocycles. The van der Waals surface area contributed by atoms with E-state index in [-0.39, 0.29) is 24.8 Å². The maximum atomic E-state index is 14.0. The average molecular weight is 586 g/mol. The van der Waals surface area contributed by atoms with Gasteiger partial charge in [-0.05, 0) is 53.4 Å². The van der Waals surface area contributed by atoms with Crippen molar-refractivity contribution in [3.05, 3.63) is 95.0 Å². The summed E-state index contributed by atoms with van der Waals surface area (Å²) in [7, 11) is -2.34. The first kappa shape index (κ1) is 31.0. The van der Waals surface area contributed by atoms with Crippen molar-refractivity contribution in [1.29, 1.82) is 0 Å². The number of hydrogen-bond donors (Lipinski definition) is 1. The monoisotopic (exact) mass is 585 g/mol. The topological polar surface area (TPSA) is 96.0 Å². The molecule has 214 valence electrons. The summed E-state index contributed by atoms with van der Waals surface area (Å²) in [5, 5.41) is 3.45. The van der Waals surface area contributed by atoms with Crippen LogP contribution in [-0.2, 0) is 32.6 Å². The lowest BCUT2D eigenvalue weighted by Gasteiger charge is -2.33. The number of methoxy groups -OCH3 is 1. The Morgan fingerprint density at radius 3 is 2.17 bits per heavy atom. The Kier molecular flexibility index (Phi) is 11.0. The lowest BCUT2D eigenvalue weighted by molar-refractivity contribution is -0.140. The molecule has 0 saturated heterocycles. The fraction of sp³-hybridized carbons (Fsp3) is 0.333. The van der Waals surface area contributed by atoms with Crippen LogP contribution in [0.1, 0.15) is 25.0 Å². The van der Waals surface area contributed by atoms with Gasteiger partial charge in [0.2, 0.25) is 21.8 Å². The Balaban J connectivity index is 2.03. The first-order chi connectivity index (χ1) is 19.0. The largest absolute Gasteiger partial charge is 0.497 e. The number of carbonyl (C=O) groups is 2. The van der Waals surface area contributed by atoms with Gasteiger partial charge in [-0.15, -0.1) is 0 Å². The summed E-state index contributed by atoms with van der Waals surface area (Å²) in [6.45, 7) is 3.98. The van der Waals surface area contributed by atoms with Crippen LogP contribution >= 0.6 is 11.6 Å². The molecule has 0 aliphatic carbocycles. The zero-order valence-corrected chi connectivity index (χ0v) is 24.8. The molecule has 8 nitrogen and oxygen atoms in total. The highest BCUT2D eigenvalue weighted by atomic mass is 35.5. The van der Waals surface area contributed by atoms with Crippen molar-refractivity contribution in [3.63, 3.8) is 0 Å². The van der Waals surface area contributed by atoms with Crippen LogP contribution in [0, 0.1) is 5.92 Å². The molecule has 0 bridgehead atoms. The number of ether oxygens (including phenoxy) is 1. The van der Waals surface area contributed by atoms with Crippen LogP contribution in [0.4, 0.5) is 5.69 Å². The van der Waals surface area contributed by atoms with Crippen molar-refractivity contribution in [2.24, 2.45) is 5.92 Å². The summed E-state index contributed by atoms with van der Waals surface area (Å²) in [6, 6.07) is 21.9. The zero-order valence-electron chi connectivity index (χ0n) is 23.2. The lowest BCUT2D eigenvalue weighted by Crippen LogP contribution is -2.53. The summed E-state index contributed by atoms with van der Waals surface area (Å²) in [5.41, 5.74) is 1.89. The molecule has 0 aliphatic heterocycles. The van der Waals surface area contributed by atoms with Gasteiger partial charge >= 0.3 is 0 Å². The summed E-state index contributed by atoms with van der Waals surface area (Å²) in [5.74, 6) is -0.0878. The molecule has 3 aromatic rings. The number of rotatable bonds is 13. The predicted octanol–water partition coefficient (Wildman–Crippen LogP) is 4.53. The second-order valence-corrected chi connectivity index (χ2v) is 12.3. The molecular weight excluding hydrogens is 550 g/mol. The van der Waals surface area contributed by atoms with Crippen LogP contribution in [0.2, 0.25) is 5.02 Å². The fourth-order valence-corrected chi connectivity index (χ4v) is 5.23. The van der Waals surface area contributed by atoms with Crippen LogP contribution in [0.25, 0.3) is 0 Å². The van der Waals surface area contributed by atoms with Gasteiger partial charge in [-0.1, -0.05) is 67.9 Å². The predicted molar refractivity (Wildman–Crippen MR) is 159 cm³/mol. The van der Waals surface area contributed by atoms with Crippen molar-refractivity contribution in [3.8, 4) is 5.75 Å². The number of anilines is 1. The van der Waals surface area contributed by atoms with Crippen molar-refractivity contribution in [1.82, 2.24) is 10.2 Å². The minimum Gasteiger partial charge on any atom is -0.497 e. The third kappa shape index (κ3) is 8.99. The molecule has 0 unspecified atom stereocenters. The van der Waals surface area contributed by atoms with Gasteiger partial charge in [0.1, 0.15) is 18.3 Å². The Hall–Kier alpha value is -3.56. The zero-order chi connectivity index (χ0) is 29.3. The smallest absolute Gasteiger partial charge is 0.244 e. The highest BCUT2D eigenvalue weighted by molar-refractivity contribution is 7.92. The van der Waals surface area contributed by atoms with Crippen molar-refractivity contribution in [2.75, 3.05) is 30.8 Å². The molecule has 3 rings (SSSR count). The summed E-state index contributed by atoms with van der Waals surface area (Å²) in [6.07, 6.45) is 1.29. The van der Waals surface area contributed by atoms with E-state index < -0.39 is 28.5 Å². The molecule has 0 spiro atoms. The van der Waals surface area contributed by atoms with E-state index in [0.717, 1.165) is 16.1 Å². The Morgan fingerprint density at radius 1 is 0.950 bits per heavy atom. The molecule has 0 fully saturated rings. The summed E-state index contributed by atoms with van der Waals surface area (Å²) < 4.78 is 31.9. The van der Waals surface area contributed by atoms with Crippen LogP contribution in [0.5, 0.6) is 5.75 Å². The SMILES string of the molecule is COc1ccc(N(CC(=O)N(Cc2cccc(Cl)c2)[C@H](Cc2ccccc2)C(=O)NCC(C)C)S(C)(=O)=O)cc1. The lowest BCUT2D eigenvalue weighted by atomic mass is 10.0. The maximum Gasteiger partial charge on any atom is 0.244 e. The number of amides is 2. The fourth-order valence-electron chi connectivity index (χ4n) is 4.17. The first-order valence-electron chi connectivity index (χ1n) is 12.9. The first-order valence-corrected chi connectivity index (χ1v) is 15.2. The third-order valence-electron chi connectivity index (χ3n) is 6.24. The Labute approximate surface area is 241 Å². The van der Waals surface area contributed by atoms with Gasteiger partial charge in [0.15, 0.2) is 0 Å². The minimum atomic E-state index is -3.85. The van der Waals surface area contributed by atoms with Crippen LogP contribution in [-0.4, -0.2) is 57.6 Å². The second kappa shape index (κ2) is 14.2. The van der Waals surface area contributed by atoms with Crippen molar-refractivity contribution in [2.45, 2.75) is 32.9 Å². The molecule has 0 heterocycles. The molecule has 10 heteroatoms. The van der Waals surface area contributed by atoms with Gasteiger partial charge in [-0.25, -0.2) is 8.42 Å². The quantitative estimate of drug-likeness (QED) is 0.318. The molecule has 0 saturated carbocycles. The van der Waals surface area contributed by atoms with Crippen LogP contribution in [0.15, 0.2) is 78.9 Å². The third-order valence-corrected chi connectivity index (χ3v) is 7.61. The van der Waals surface area contributed by atoms with Gasteiger partial charge in [0.25, 0.3) is 0 Å². The molecule has 0 radical (unpaired) electrons. The molecule has 40 heavy (non-hydrogen) atoms. The molecule has 0 aliphatic rings. The highest BCUT2D eigenvalue weighted by Gasteiger charge is 2.33. The van der Waals surface area contributed by atoms with Gasteiger partial charge < -0.3 is 15.0 Å². The number of halogens is 1. The molecular formula is C30H36ClN3O5S. The van der Waals surface area contributed by atoms with E-state index in [9.17, 15) is 18.0 Å². The molecule has 1 N–H and O–H groups in total. The summed E-state index contributed by atoms with van der Waals surface area (Å²) in [4.78, 5) is 29.1. The van der Waals surface area contributed by atoms with Gasteiger partial charge in [0, 0.05) is 24.5 Å². The van der Waals surface area contributed by atoms with Gasteiger partial charge in [-0.2, -0.15) is 0 Å². The van der Waals surface area contributed by atoms with E-state index in [1.807, 2.05) is 50.2 Å². The van der Waals surface area contributed by atoms with Gasteiger partial charge in [0.05, 0.1) is 19.1 Å². The number of sulfonamides is 1. The number of benzene rings is 3.